The van der Waals surface area contributed by atoms with Gasteiger partial charge in [0.15, 0.2) is 0 Å². The van der Waals surface area contributed by atoms with Crippen molar-refractivity contribution < 1.29 is 4.74 Å². The minimum atomic E-state index is 0.759. The lowest BCUT2D eigenvalue weighted by Crippen LogP contribution is -1.94. The van der Waals surface area contributed by atoms with Crippen LogP contribution in [-0.2, 0) is 0 Å². The van der Waals surface area contributed by atoms with Crippen molar-refractivity contribution in [3.05, 3.63) is 51.5 Å². The Morgan fingerprint density at radius 1 is 1.00 bits per heavy atom. The Labute approximate surface area is 116 Å². The van der Waals surface area contributed by atoms with Gasteiger partial charge in [-0.3, -0.25) is 0 Å². The van der Waals surface area contributed by atoms with E-state index in [0.717, 1.165) is 32.8 Å². The Hall–Kier alpha value is -1.48. The van der Waals surface area contributed by atoms with Crippen molar-refractivity contribution in [1.29, 1.82) is 0 Å². The number of nitrogen functional groups attached to an aromatic ring is 1. The van der Waals surface area contributed by atoms with E-state index >= 15 is 0 Å². The highest BCUT2D eigenvalue weighted by Gasteiger charge is 2.08. The molecule has 0 heterocycles. The molecule has 2 N–H and O–H groups in total. The SMILES string of the molecule is Cc1cc(Oc2cccc(C)c2C)c(Br)cc1N. The number of nitrogens with two attached hydrogens (primary N) is 1. The fourth-order valence-electron chi connectivity index (χ4n) is 1.70. The smallest absolute Gasteiger partial charge is 0.142 e. The molecule has 0 spiro atoms. The van der Waals surface area contributed by atoms with Gasteiger partial charge in [0, 0.05) is 5.69 Å². The Balaban J connectivity index is 2.40. The molecule has 0 saturated carbocycles. The van der Waals surface area contributed by atoms with Crippen molar-refractivity contribution in [1.82, 2.24) is 0 Å². The molecular formula is C15H16BrNO. The number of benzene rings is 2. The molecule has 94 valence electrons. The molecule has 2 aromatic rings. The van der Waals surface area contributed by atoms with E-state index in [0.29, 0.717) is 0 Å². The van der Waals surface area contributed by atoms with E-state index in [9.17, 15) is 0 Å². The minimum Gasteiger partial charge on any atom is -0.456 e. The van der Waals surface area contributed by atoms with Crippen LogP contribution in [0.25, 0.3) is 0 Å². The molecule has 0 aliphatic heterocycles. The number of anilines is 1. The Kier molecular flexibility index (Phi) is 3.62. The molecule has 2 aromatic carbocycles. The summed E-state index contributed by atoms with van der Waals surface area (Å²) in [4.78, 5) is 0. The molecule has 0 aliphatic carbocycles. The summed E-state index contributed by atoms with van der Waals surface area (Å²) >= 11 is 3.48. The average Bonchev–Trinajstić information content (AvgIpc) is 2.32. The summed E-state index contributed by atoms with van der Waals surface area (Å²) in [5.74, 6) is 1.66. The topological polar surface area (TPSA) is 35.2 Å². The van der Waals surface area contributed by atoms with Crippen LogP contribution in [0.1, 0.15) is 16.7 Å². The van der Waals surface area contributed by atoms with E-state index in [-0.39, 0.29) is 0 Å². The zero-order valence-electron chi connectivity index (χ0n) is 10.8. The van der Waals surface area contributed by atoms with Gasteiger partial charge in [0.25, 0.3) is 0 Å². The summed E-state index contributed by atoms with van der Waals surface area (Å²) in [5.41, 5.74) is 9.99. The first kappa shape index (κ1) is 13.0. The van der Waals surface area contributed by atoms with Crippen LogP contribution in [0.2, 0.25) is 0 Å². The Bertz CT molecular complexity index is 593. The average molecular weight is 306 g/mol. The summed E-state index contributed by atoms with van der Waals surface area (Å²) in [5, 5.41) is 0. The third-order valence-electron chi connectivity index (χ3n) is 3.10. The third-order valence-corrected chi connectivity index (χ3v) is 3.72. The standard InChI is InChI=1S/C15H16BrNO/c1-9-5-4-6-14(11(9)3)18-15-7-10(2)13(17)8-12(15)16/h4-8H,17H2,1-3H3. The predicted molar refractivity (Wildman–Crippen MR) is 79.3 cm³/mol. The molecule has 0 bridgehead atoms. The summed E-state index contributed by atoms with van der Waals surface area (Å²) < 4.78 is 6.82. The second-order valence-electron chi connectivity index (χ2n) is 4.44. The highest BCUT2D eigenvalue weighted by atomic mass is 79.9. The summed E-state index contributed by atoms with van der Waals surface area (Å²) in [6.45, 7) is 6.10. The van der Waals surface area contributed by atoms with Gasteiger partial charge < -0.3 is 10.5 Å². The van der Waals surface area contributed by atoms with E-state index in [1.54, 1.807) is 0 Å². The fourth-order valence-corrected chi connectivity index (χ4v) is 2.14. The van der Waals surface area contributed by atoms with Crippen molar-refractivity contribution in [2.24, 2.45) is 0 Å². The summed E-state index contributed by atoms with van der Waals surface area (Å²) in [6.07, 6.45) is 0. The van der Waals surface area contributed by atoms with Crippen molar-refractivity contribution >= 4 is 21.6 Å². The van der Waals surface area contributed by atoms with Gasteiger partial charge in [-0.1, -0.05) is 12.1 Å². The van der Waals surface area contributed by atoms with Crippen molar-refractivity contribution in [2.75, 3.05) is 5.73 Å². The quantitative estimate of drug-likeness (QED) is 0.813. The lowest BCUT2D eigenvalue weighted by Gasteiger charge is -2.13. The minimum absolute atomic E-state index is 0.759. The first-order chi connectivity index (χ1) is 8.49. The second-order valence-corrected chi connectivity index (χ2v) is 5.29. The van der Waals surface area contributed by atoms with Crippen molar-refractivity contribution in [3.63, 3.8) is 0 Å². The maximum atomic E-state index is 5.95. The number of ether oxygens (including phenoxy) is 1. The van der Waals surface area contributed by atoms with Crippen LogP contribution in [0.3, 0.4) is 0 Å². The molecule has 0 aromatic heterocycles. The largest absolute Gasteiger partial charge is 0.456 e. The van der Waals surface area contributed by atoms with Gasteiger partial charge in [0.2, 0.25) is 0 Å². The first-order valence-corrected chi connectivity index (χ1v) is 6.58. The molecule has 2 rings (SSSR count). The molecule has 0 aliphatic rings. The van der Waals surface area contributed by atoms with Crippen LogP contribution in [0.4, 0.5) is 5.69 Å². The monoisotopic (exact) mass is 305 g/mol. The normalized spacial score (nSPS) is 10.4. The molecule has 2 nitrogen and oxygen atoms in total. The summed E-state index contributed by atoms with van der Waals surface area (Å²) in [6, 6.07) is 9.86. The molecule has 18 heavy (non-hydrogen) atoms. The van der Waals surface area contributed by atoms with Crippen molar-refractivity contribution in [2.45, 2.75) is 20.8 Å². The lowest BCUT2D eigenvalue weighted by molar-refractivity contribution is 0.475. The fraction of sp³-hybridized carbons (Fsp3) is 0.200. The third kappa shape index (κ3) is 2.51. The molecule has 3 heteroatoms. The lowest BCUT2D eigenvalue weighted by atomic mass is 10.1. The molecular weight excluding hydrogens is 290 g/mol. The van der Waals surface area contributed by atoms with Crippen LogP contribution in [0.5, 0.6) is 11.5 Å². The van der Waals surface area contributed by atoms with Crippen LogP contribution < -0.4 is 10.5 Å². The molecule has 0 radical (unpaired) electrons. The van der Waals surface area contributed by atoms with Gasteiger partial charge >= 0.3 is 0 Å². The number of halogens is 1. The van der Waals surface area contributed by atoms with E-state index in [1.807, 2.05) is 31.2 Å². The number of hydrogen-bond acceptors (Lipinski definition) is 2. The molecule has 0 unspecified atom stereocenters. The van der Waals surface area contributed by atoms with Gasteiger partial charge in [0.05, 0.1) is 4.47 Å². The van der Waals surface area contributed by atoms with Crippen molar-refractivity contribution in [3.8, 4) is 11.5 Å². The second kappa shape index (κ2) is 5.02. The van der Waals surface area contributed by atoms with E-state index in [4.69, 9.17) is 10.5 Å². The Morgan fingerprint density at radius 2 is 1.72 bits per heavy atom. The zero-order valence-corrected chi connectivity index (χ0v) is 12.3. The van der Waals surface area contributed by atoms with E-state index in [1.165, 1.54) is 5.56 Å². The van der Waals surface area contributed by atoms with Crippen LogP contribution in [0.15, 0.2) is 34.8 Å². The molecule has 0 saturated heterocycles. The molecule has 0 atom stereocenters. The van der Waals surface area contributed by atoms with Gasteiger partial charge in [-0.2, -0.15) is 0 Å². The van der Waals surface area contributed by atoms with Crippen LogP contribution >= 0.6 is 15.9 Å². The van der Waals surface area contributed by atoms with Crippen LogP contribution in [0, 0.1) is 20.8 Å². The zero-order chi connectivity index (χ0) is 13.3. The molecule has 0 fully saturated rings. The van der Waals surface area contributed by atoms with Gasteiger partial charge in [0.1, 0.15) is 11.5 Å². The maximum Gasteiger partial charge on any atom is 0.142 e. The first-order valence-electron chi connectivity index (χ1n) is 5.78. The predicted octanol–water partition coefficient (Wildman–Crippen LogP) is 4.75. The molecule has 0 amide bonds. The number of hydrogen-bond donors (Lipinski definition) is 1. The number of aryl methyl sites for hydroxylation is 2. The van der Waals surface area contributed by atoms with E-state index < -0.39 is 0 Å². The van der Waals surface area contributed by atoms with Gasteiger partial charge in [-0.25, -0.2) is 0 Å². The van der Waals surface area contributed by atoms with Gasteiger partial charge in [-0.05, 0) is 71.6 Å². The van der Waals surface area contributed by atoms with E-state index in [2.05, 4.69) is 35.8 Å². The highest BCUT2D eigenvalue weighted by Crippen LogP contribution is 2.34. The number of rotatable bonds is 2. The Morgan fingerprint density at radius 3 is 2.44 bits per heavy atom. The summed E-state index contributed by atoms with van der Waals surface area (Å²) in [7, 11) is 0. The maximum absolute atomic E-state index is 5.95. The van der Waals surface area contributed by atoms with Crippen LogP contribution in [-0.4, -0.2) is 0 Å². The highest BCUT2D eigenvalue weighted by molar-refractivity contribution is 9.10. The van der Waals surface area contributed by atoms with Gasteiger partial charge in [-0.15, -0.1) is 0 Å².